The molecule has 0 spiro atoms. The molecular formula is C15H23N5OS. The summed E-state index contributed by atoms with van der Waals surface area (Å²) in [5, 5.41) is 8.17. The minimum atomic E-state index is -0.125. The molecule has 2 aromatic rings. The lowest BCUT2D eigenvalue weighted by Gasteiger charge is -2.19. The molecule has 0 saturated heterocycles. The van der Waals surface area contributed by atoms with Crippen LogP contribution in [-0.2, 0) is 18.3 Å². The second kappa shape index (κ2) is 7.00. The molecule has 2 heterocycles. The Morgan fingerprint density at radius 2 is 2.14 bits per heavy atom. The number of thiazole rings is 1. The summed E-state index contributed by atoms with van der Waals surface area (Å²) in [5.74, 6) is 1.21. The molecule has 22 heavy (non-hydrogen) atoms. The fraction of sp³-hybridized carbons (Fsp3) is 0.600. The Balaban J connectivity index is 2.08. The van der Waals surface area contributed by atoms with Gasteiger partial charge in [0.2, 0.25) is 5.91 Å². The Morgan fingerprint density at radius 1 is 1.41 bits per heavy atom. The summed E-state index contributed by atoms with van der Waals surface area (Å²) in [5.41, 5.74) is 0.862. The van der Waals surface area contributed by atoms with E-state index in [2.05, 4.69) is 34.2 Å². The molecule has 0 aliphatic carbocycles. The van der Waals surface area contributed by atoms with Crippen molar-refractivity contribution in [1.29, 1.82) is 0 Å². The monoisotopic (exact) mass is 321 g/mol. The van der Waals surface area contributed by atoms with Gasteiger partial charge >= 0.3 is 0 Å². The van der Waals surface area contributed by atoms with Gasteiger partial charge in [-0.1, -0.05) is 13.8 Å². The minimum absolute atomic E-state index is 0.0259. The van der Waals surface area contributed by atoms with Gasteiger partial charge in [-0.2, -0.15) is 5.10 Å². The molecule has 120 valence electrons. The molecule has 0 aliphatic heterocycles. The number of nitrogens with zero attached hydrogens (tertiary/aromatic N) is 4. The van der Waals surface area contributed by atoms with Gasteiger partial charge in [-0.05, 0) is 26.2 Å². The second-order valence-corrected chi connectivity index (χ2v) is 7.31. The van der Waals surface area contributed by atoms with Gasteiger partial charge in [-0.25, -0.2) is 9.97 Å². The molecule has 0 fully saturated rings. The largest absolute Gasteiger partial charge is 0.346 e. The smallest absolute Gasteiger partial charge is 0.226 e. The highest BCUT2D eigenvalue weighted by molar-refractivity contribution is 7.11. The fourth-order valence-corrected chi connectivity index (χ4v) is 3.29. The Morgan fingerprint density at radius 3 is 2.64 bits per heavy atom. The normalized spacial score (nSPS) is 12.6. The Bertz CT molecular complexity index is 646. The standard InChI is InChI=1S/C15H23N5OS/c1-9(2)6-13(15-16-8-17-20(15)5)19-14(21)7-12-10(3)22-11(4)18-12/h8-9,13H,6-7H2,1-5H3,(H,19,21). The van der Waals surface area contributed by atoms with Gasteiger partial charge in [0.05, 0.1) is 23.2 Å². The van der Waals surface area contributed by atoms with E-state index in [-0.39, 0.29) is 11.9 Å². The zero-order valence-corrected chi connectivity index (χ0v) is 14.6. The molecule has 1 atom stereocenters. The number of hydrogen-bond donors (Lipinski definition) is 1. The Hall–Kier alpha value is -1.76. The van der Waals surface area contributed by atoms with E-state index >= 15 is 0 Å². The van der Waals surface area contributed by atoms with Gasteiger partial charge < -0.3 is 5.32 Å². The van der Waals surface area contributed by atoms with Crippen LogP contribution in [0.15, 0.2) is 6.33 Å². The van der Waals surface area contributed by atoms with Crippen LogP contribution in [0.4, 0.5) is 0 Å². The van der Waals surface area contributed by atoms with Crippen LogP contribution in [0.25, 0.3) is 0 Å². The summed E-state index contributed by atoms with van der Waals surface area (Å²) in [6.07, 6.45) is 2.65. The Labute approximate surface area is 135 Å². The number of rotatable bonds is 6. The first-order valence-electron chi connectivity index (χ1n) is 7.43. The van der Waals surface area contributed by atoms with Crippen LogP contribution >= 0.6 is 11.3 Å². The van der Waals surface area contributed by atoms with Crippen molar-refractivity contribution >= 4 is 17.2 Å². The predicted octanol–water partition coefficient (Wildman–Crippen LogP) is 2.33. The maximum Gasteiger partial charge on any atom is 0.226 e. The van der Waals surface area contributed by atoms with Crippen molar-refractivity contribution in [3.05, 3.63) is 27.7 Å². The van der Waals surface area contributed by atoms with Gasteiger partial charge in [0.15, 0.2) is 0 Å². The highest BCUT2D eigenvalue weighted by Gasteiger charge is 2.21. The first-order chi connectivity index (χ1) is 10.4. The summed E-state index contributed by atoms with van der Waals surface area (Å²) in [6, 6.07) is -0.125. The number of amides is 1. The summed E-state index contributed by atoms with van der Waals surface area (Å²) in [4.78, 5) is 22.2. The number of carbonyl (C=O) groups is 1. The van der Waals surface area contributed by atoms with E-state index in [4.69, 9.17) is 0 Å². The highest BCUT2D eigenvalue weighted by Crippen LogP contribution is 2.20. The molecular weight excluding hydrogens is 298 g/mol. The zero-order chi connectivity index (χ0) is 16.3. The van der Waals surface area contributed by atoms with Crippen LogP contribution < -0.4 is 5.32 Å². The van der Waals surface area contributed by atoms with E-state index in [1.165, 1.54) is 6.33 Å². The molecule has 0 saturated carbocycles. The third-order valence-electron chi connectivity index (χ3n) is 3.43. The van der Waals surface area contributed by atoms with Crippen molar-refractivity contribution < 1.29 is 4.79 Å². The van der Waals surface area contributed by atoms with Crippen molar-refractivity contribution in [2.75, 3.05) is 0 Å². The minimum Gasteiger partial charge on any atom is -0.346 e. The molecule has 6 nitrogen and oxygen atoms in total. The van der Waals surface area contributed by atoms with E-state index in [0.717, 1.165) is 27.8 Å². The van der Waals surface area contributed by atoms with Crippen molar-refractivity contribution in [2.45, 2.75) is 46.6 Å². The van der Waals surface area contributed by atoms with E-state index in [9.17, 15) is 4.79 Å². The van der Waals surface area contributed by atoms with E-state index < -0.39 is 0 Å². The summed E-state index contributed by atoms with van der Waals surface area (Å²) in [6.45, 7) is 8.22. The SMILES string of the molecule is Cc1nc(CC(=O)NC(CC(C)C)c2ncnn2C)c(C)s1. The highest BCUT2D eigenvalue weighted by atomic mass is 32.1. The maximum absolute atomic E-state index is 12.4. The molecule has 0 radical (unpaired) electrons. The van der Waals surface area contributed by atoms with Crippen molar-refractivity contribution in [2.24, 2.45) is 13.0 Å². The number of carbonyl (C=O) groups excluding carboxylic acids is 1. The zero-order valence-electron chi connectivity index (χ0n) is 13.8. The predicted molar refractivity (Wildman–Crippen MR) is 86.6 cm³/mol. The van der Waals surface area contributed by atoms with Crippen LogP contribution in [0.2, 0.25) is 0 Å². The molecule has 0 bridgehead atoms. The third-order valence-corrected chi connectivity index (χ3v) is 4.36. The van der Waals surface area contributed by atoms with E-state index in [0.29, 0.717) is 12.3 Å². The summed E-state index contributed by atoms with van der Waals surface area (Å²) in [7, 11) is 1.84. The molecule has 1 unspecified atom stereocenters. The molecule has 2 aromatic heterocycles. The van der Waals surface area contributed by atoms with Gasteiger partial charge in [-0.15, -0.1) is 11.3 Å². The first-order valence-corrected chi connectivity index (χ1v) is 8.24. The lowest BCUT2D eigenvalue weighted by molar-refractivity contribution is -0.121. The maximum atomic E-state index is 12.4. The molecule has 1 N–H and O–H groups in total. The van der Waals surface area contributed by atoms with Gasteiger partial charge in [0.25, 0.3) is 0 Å². The van der Waals surface area contributed by atoms with Crippen LogP contribution in [0.3, 0.4) is 0 Å². The molecule has 2 rings (SSSR count). The topological polar surface area (TPSA) is 72.7 Å². The summed E-state index contributed by atoms with van der Waals surface area (Å²) >= 11 is 1.62. The van der Waals surface area contributed by atoms with Gasteiger partial charge in [-0.3, -0.25) is 9.48 Å². The first kappa shape index (κ1) is 16.6. The second-order valence-electron chi connectivity index (χ2n) is 5.90. The molecule has 0 aromatic carbocycles. The molecule has 7 heteroatoms. The van der Waals surface area contributed by atoms with Crippen LogP contribution in [0.1, 0.15) is 47.7 Å². The molecule has 0 aliphatic rings. The average molecular weight is 321 g/mol. The van der Waals surface area contributed by atoms with Crippen molar-refractivity contribution in [3.63, 3.8) is 0 Å². The van der Waals surface area contributed by atoms with Crippen molar-refractivity contribution in [3.8, 4) is 0 Å². The lowest BCUT2D eigenvalue weighted by Crippen LogP contribution is -2.32. The summed E-state index contributed by atoms with van der Waals surface area (Å²) < 4.78 is 1.71. The van der Waals surface area contributed by atoms with Crippen molar-refractivity contribution in [1.82, 2.24) is 25.1 Å². The number of aryl methyl sites for hydroxylation is 3. The van der Waals surface area contributed by atoms with Gasteiger partial charge in [0.1, 0.15) is 12.2 Å². The van der Waals surface area contributed by atoms with Crippen LogP contribution in [0, 0.1) is 19.8 Å². The fourth-order valence-electron chi connectivity index (χ4n) is 2.45. The molecule has 1 amide bonds. The number of nitrogens with one attached hydrogen (secondary N) is 1. The third kappa shape index (κ3) is 4.13. The Kier molecular flexibility index (Phi) is 5.28. The lowest BCUT2D eigenvalue weighted by atomic mass is 10.0. The quantitative estimate of drug-likeness (QED) is 0.886. The van der Waals surface area contributed by atoms with Crippen LogP contribution in [-0.4, -0.2) is 25.7 Å². The van der Waals surface area contributed by atoms with E-state index in [1.54, 1.807) is 16.0 Å². The number of hydrogen-bond acceptors (Lipinski definition) is 5. The van der Waals surface area contributed by atoms with Gasteiger partial charge in [0, 0.05) is 11.9 Å². The number of aromatic nitrogens is 4. The average Bonchev–Trinajstić information content (AvgIpc) is 2.94. The van der Waals surface area contributed by atoms with E-state index in [1.807, 2.05) is 20.9 Å². The van der Waals surface area contributed by atoms with Crippen LogP contribution in [0.5, 0.6) is 0 Å².